The molecule has 0 aliphatic rings. The van der Waals surface area contributed by atoms with E-state index in [4.69, 9.17) is 11.5 Å². The van der Waals surface area contributed by atoms with Gasteiger partial charge in [0.25, 0.3) is 20.2 Å². The molecule has 0 saturated carbocycles. The van der Waals surface area contributed by atoms with Crippen molar-refractivity contribution >= 4 is 75.9 Å². The molecule has 0 fully saturated rings. The molecule has 6 rings (SSSR count). The van der Waals surface area contributed by atoms with Gasteiger partial charge in [-0.1, -0.05) is 74.5 Å². The first-order chi connectivity index (χ1) is 23.8. The van der Waals surface area contributed by atoms with E-state index in [0.29, 0.717) is 45.8 Å². The first-order valence-electron chi connectivity index (χ1n) is 15.5. The molecule has 6 aromatic rings. The van der Waals surface area contributed by atoms with Crippen molar-refractivity contribution in [3.63, 3.8) is 0 Å². The van der Waals surface area contributed by atoms with Gasteiger partial charge in [0.15, 0.2) is 0 Å². The maximum absolute atomic E-state index is 12.2. The van der Waals surface area contributed by atoms with Crippen molar-refractivity contribution in [1.29, 1.82) is 0 Å². The molecule has 0 saturated heterocycles. The Balaban J connectivity index is 1.35. The predicted octanol–water partition coefficient (Wildman–Crippen LogP) is 9.27. The predicted molar refractivity (Wildman–Crippen MR) is 195 cm³/mol. The number of anilines is 2. The fraction of sp³-hybridized carbons (Fsp3) is 0.111. The lowest BCUT2D eigenvalue weighted by Gasteiger charge is -2.14. The number of aryl methyl sites for hydroxylation is 2. The normalized spacial score (nSPS) is 12.5. The Morgan fingerprint density at radius 1 is 0.540 bits per heavy atom. The van der Waals surface area contributed by atoms with Gasteiger partial charge in [0.1, 0.15) is 21.2 Å². The first-order valence-corrected chi connectivity index (χ1v) is 18.3. The van der Waals surface area contributed by atoms with Crippen LogP contribution in [0.25, 0.3) is 32.7 Å². The number of nitrogens with zero attached hydrogens (tertiary/aromatic N) is 4. The number of rotatable bonds is 9. The van der Waals surface area contributed by atoms with Gasteiger partial charge in [-0.15, -0.1) is 10.2 Å². The van der Waals surface area contributed by atoms with Crippen LogP contribution in [-0.2, 0) is 33.1 Å². The van der Waals surface area contributed by atoms with E-state index in [2.05, 4.69) is 20.5 Å². The molecular weight excluding hydrogens is 677 g/mol. The molecule has 0 bridgehead atoms. The zero-order valence-electron chi connectivity index (χ0n) is 26.9. The van der Waals surface area contributed by atoms with E-state index in [1.54, 1.807) is 60.7 Å². The second-order valence-electron chi connectivity index (χ2n) is 11.5. The van der Waals surface area contributed by atoms with Gasteiger partial charge in [0.05, 0.1) is 22.7 Å². The molecule has 0 atom stereocenters. The van der Waals surface area contributed by atoms with Crippen molar-refractivity contribution in [3.8, 4) is 11.1 Å². The summed E-state index contributed by atoms with van der Waals surface area (Å²) in [6.07, 6.45) is 1.27. The molecule has 0 spiro atoms. The zero-order chi connectivity index (χ0) is 35.8. The van der Waals surface area contributed by atoms with Crippen LogP contribution in [0.5, 0.6) is 0 Å². The maximum Gasteiger partial charge on any atom is 0.296 e. The highest BCUT2D eigenvalue weighted by molar-refractivity contribution is 7.86. The number of nitrogens with two attached hydrogens (primary N) is 2. The largest absolute Gasteiger partial charge is 0.396 e. The molecule has 0 aliphatic heterocycles. The van der Waals surface area contributed by atoms with Crippen molar-refractivity contribution in [2.75, 3.05) is 11.5 Å². The van der Waals surface area contributed by atoms with Gasteiger partial charge in [-0.2, -0.15) is 27.1 Å². The van der Waals surface area contributed by atoms with Gasteiger partial charge in [0, 0.05) is 10.8 Å². The first kappa shape index (κ1) is 34.3. The van der Waals surface area contributed by atoms with E-state index >= 15 is 0 Å². The van der Waals surface area contributed by atoms with Gasteiger partial charge >= 0.3 is 0 Å². The smallest absolute Gasteiger partial charge is 0.296 e. The minimum absolute atomic E-state index is 0.0779. The molecule has 6 aromatic carbocycles. The van der Waals surface area contributed by atoms with Crippen LogP contribution in [0.3, 0.4) is 0 Å². The van der Waals surface area contributed by atoms with Crippen LogP contribution in [0, 0.1) is 0 Å². The average molecular weight is 709 g/mol. The third kappa shape index (κ3) is 6.69. The van der Waals surface area contributed by atoms with Crippen LogP contribution in [0.15, 0.2) is 127 Å². The van der Waals surface area contributed by atoms with E-state index in [9.17, 15) is 25.9 Å². The zero-order valence-corrected chi connectivity index (χ0v) is 28.6. The summed E-state index contributed by atoms with van der Waals surface area (Å²) < 4.78 is 68.7. The fourth-order valence-corrected chi connectivity index (χ4v) is 7.23. The Morgan fingerprint density at radius 2 is 0.920 bits per heavy atom. The van der Waals surface area contributed by atoms with Crippen molar-refractivity contribution in [2.45, 2.75) is 36.5 Å². The van der Waals surface area contributed by atoms with E-state index in [1.807, 2.05) is 38.1 Å². The Labute approximate surface area is 288 Å². The van der Waals surface area contributed by atoms with Crippen LogP contribution in [0.1, 0.15) is 25.0 Å². The topological polar surface area (TPSA) is 210 Å². The van der Waals surface area contributed by atoms with Gasteiger partial charge in [-0.25, -0.2) is 0 Å². The molecule has 12 nitrogen and oxygen atoms in total. The fourth-order valence-electron chi connectivity index (χ4n) is 5.89. The van der Waals surface area contributed by atoms with Crippen molar-refractivity contribution in [1.82, 2.24) is 0 Å². The SMILES string of the molecule is CCc1cc(N=Nc2c(S(=O)(=O)O)cc3ccccc3c2N)ccc1-c1ccc(N=Nc2c(S(=O)(=O)O)cc3ccccc3c2N)cc1CC. The van der Waals surface area contributed by atoms with Crippen LogP contribution in [0.2, 0.25) is 0 Å². The molecule has 6 N–H and O–H groups in total. The Bertz CT molecular complexity index is 2420. The summed E-state index contributed by atoms with van der Waals surface area (Å²) in [7, 11) is -9.30. The summed E-state index contributed by atoms with van der Waals surface area (Å²) in [5.74, 6) is 0. The van der Waals surface area contributed by atoms with Gasteiger partial charge < -0.3 is 11.5 Å². The standard InChI is InChI=1S/C36H32N6O6S2/c1-3-21-17-25(39-41-35-31(49(43,44)45)19-23-9-5-7-11-29(23)33(35)37)13-15-27(21)28-16-14-26(18-22(28)4-2)40-42-36-32(50(46,47)48)20-24-10-6-8-12-30(24)34(36)38/h5-20H,3-4,37-38H2,1-2H3,(H,43,44,45)(H,46,47,48). The van der Waals surface area contributed by atoms with Crippen molar-refractivity contribution in [3.05, 3.63) is 108 Å². The Morgan fingerprint density at radius 3 is 1.28 bits per heavy atom. The molecule has 0 heterocycles. The van der Waals surface area contributed by atoms with Gasteiger partial charge in [0.2, 0.25) is 0 Å². The third-order valence-corrected chi connectivity index (χ3v) is 10.1. The third-order valence-electron chi connectivity index (χ3n) is 8.37. The lowest BCUT2D eigenvalue weighted by Crippen LogP contribution is -2.01. The number of hydrogen-bond donors (Lipinski definition) is 4. The minimum Gasteiger partial charge on any atom is -0.396 e. The van der Waals surface area contributed by atoms with Crippen LogP contribution < -0.4 is 11.5 Å². The maximum atomic E-state index is 12.2. The summed E-state index contributed by atoms with van der Waals surface area (Å²) in [6.45, 7) is 3.99. The highest BCUT2D eigenvalue weighted by Crippen LogP contribution is 2.41. The summed E-state index contributed by atoms with van der Waals surface area (Å²) in [5.41, 5.74) is 17.1. The second kappa shape index (κ2) is 13.4. The lowest BCUT2D eigenvalue weighted by atomic mass is 9.92. The molecular formula is C36H32N6O6S2. The summed E-state index contributed by atoms with van der Waals surface area (Å²) in [5, 5.41) is 19.2. The van der Waals surface area contributed by atoms with E-state index in [1.165, 1.54) is 12.1 Å². The molecule has 254 valence electrons. The second-order valence-corrected chi connectivity index (χ2v) is 14.2. The molecule has 0 amide bonds. The van der Waals surface area contributed by atoms with Crippen LogP contribution >= 0.6 is 0 Å². The highest BCUT2D eigenvalue weighted by atomic mass is 32.2. The Kier molecular flexibility index (Phi) is 9.20. The lowest BCUT2D eigenvalue weighted by molar-refractivity contribution is 0.481. The number of nitrogen functional groups attached to an aromatic ring is 2. The quantitative estimate of drug-likeness (QED) is 0.0644. The van der Waals surface area contributed by atoms with Crippen molar-refractivity contribution in [2.24, 2.45) is 20.5 Å². The molecule has 0 aliphatic carbocycles. The Hall–Kier alpha value is -5.54. The number of azo groups is 2. The van der Waals surface area contributed by atoms with E-state index in [-0.39, 0.29) is 22.7 Å². The van der Waals surface area contributed by atoms with Gasteiger partial charge in [-0.3, -0.25) is 9.11 Å². The van der Waals surface area contributed by atoms with Crippen LogP contribution in [0.4, 0.5) is 34.1 Å². The highest BCUT2D eigenvalue weighted by Gasteiger charge is 2.22. The van der Waals surface area contributed by atoms with E-state index < -0.39 is 30.0 Å². The number of fused-ring (bicyclic) bond motifs is 2. The monoisotopic (exact) mass is 708 g/mol. The average Bonchev–Trinajstić information content (AvgIpc) is 3.09. The summed E-state index contributed by atoms with van der Waals surface area (Å²) >= 11 is 0. The molecule has 0 unspecified atom stereocenters. The molecule has 14 heteroatoms. The minimum atomic E-state index is -4.65. The van der Waals surface area contributed by atoms with E-state index in [0.717, 1.165) is 22.3 Å². The number of hydrogen-bond acceptors (Lipinski definition) is 10. The van der Waals surface area contributed by atoms with Crippen LogP contribution in [-0.4, -0.2) is 25.9 Å². The molecule has 0 aromatic heterocycles. The summed E-state index contributed by atoms with van der Waals surface area (Å²) in [6, 6.07) is 27.4. The summed E-state index contributed by atoms with van der Waals surface area (Å²) in [4.78, 5) is -0.876. The van der Waals surface area contributed by atoms with Crippen molar-refractivity contribution < 1.29 is 25.9 Å². The van der Waals surface area contributed by atoms with Gasteiger partial charge in [-0.05, 0) is 82.3 Å². The molecule has 50 heavy (non-hydrogen) atoms. The molecule has 0 radical (unpaired) electrons. The number of benzene rings is 6.